The topological polar surface area (TPSA) is 66.2 Å². The molecule has 3 aromatic heterocycles. The van der Waals surface area contributed by atoms with Gasteiger partial charge in [-0.25, -0.2) is 4.98 Å². The van der Waals surface area contributed by atoms with E-state index in [1.54, 1.807) is 11.3 Å². The van der Waals surface area contributed by atoms with Crippen LogP contribution in [-0.4, -0.2) is 68.9 Å². The van der Waals surface area contributed by atoms with Gasteiger partial charge in [-0.3, -0.25) is 4.90 Å². The Hall–Kier alpha value is -2.47. The Labute approximate surface area is 218 Å². The van der Waals surface area contributed by atoms with Crippen molar-refractivity contribution in [1.29, 1.82) is 0 Å². The first-order chi connectivity index (χ1) is 17.9. The van der Waals surface area contributed by atoms with Crippen molar-refractivity contribution in [1.82, 2.24) is 29.6 Å². The molecule has 2 aliphatic heterocycles. The molecule has 0 atom stereocenters. The minimum Gasteiger partial charge on any atom is -0.347 e. The molecule has 0 aromatic carbocycles. The van der Waals surface area contributed by atoms with Crippen LogP contribution in [0.1, 0.15) is 55.6 Å². The van der Waals surface area contributed by atoms with Gasteiger partial charge < -0.3 is 14.4 Å². The number of thiophene rings is 1. The van der Waals surface area contributed by atoms with E-state index in [2.05, 4.69) is 33.0 Å². The molecule has 1 saturated heterocycles. The van der Waals surface area contributed by atoms with Crippen molar-refractivity contribution < 1.29 is 13.2 Å². The Kier molecular flexibility index (Phi) is 6.72. The lowest BCUT2D eigenvalue weighted by Crippen LogP contribution is -2.48. The van der Waals surface area contributed by atoms with Crippen molar-refractivity contribution in [3.8, 4) is 0 Å². The number of aryl methyl sites for hydroxylation is 1. The molecule has 0 bridgehead atoms. The normalized spacial score (nSPS) is 19.8. The molecule has 1 aliphatic carbocycles. The van der Waals surface area contributed by atoms with E-state index in [1.807, 2.05) is 4.90 Å². The predicted molar refractivity (Wildman–Crippen MR) is 138 cm³/mol. The smallest absolute Gasteiger partial charge is 0.347 e. The summed E-state index contributed by atoms with van der Waals surface area (Å²) in [7, 11) is 0. The van der Waals surface area contributed by atoms with Crippen LogP contribution < -0.4 is 9.80 Å². The van der Waals surface area contributed by atoms with Crippen LogP contribution in [0.2, 0.25) is 0 Å². The standard InChI is InChI=1S/C25H33F3N8S/c1-2-5-18-14-19-21(35-12-13-36-20(16-35)31-32-23(36)25(26,27)28)29-24(30-22(19)37-18)34-10-8-33(9-11-34)15-17-6-3-4-7-17/h14,17H,2-13,15-16H2,1H3. The zero-order valence-electron chi connectivity index (χ0n) is 21.2. The van der Waals surface area contributed by atoms with E-state index in [9.17, 15) is 13.2 Å². The van der Waals surface area contributed by atoms with E-state index >= 15 is 0 Å². The molecule has 5 heterocycles. The summed E-state index contributed by atoms with van der Waals surface area (Å²) in [4.78, 5) is 19.1. The molecule has 8 nitrogen and oxygen atoms in total. The minimum absolute atomic E-state index is 0.170. The van der Waals surface area contributed by atoms with Gasteiger partial charge >= 0.3 is 6.18 Å². The second-order valence-corrected chi connectivity index (χ2v) is 11.6. The molecule has 0 spiro atoms. The van der Waals surface area contributed by atoms with Gasteiger partial charge in [0.15, 0.2) is 5.82 Å². The third kappa shape index (κ3) is 5.01. The molecule has 2 fully saturated rings. The van der Waals surface area contributed by atoms with E-state index in [1.165, 1.54) is 41.7 Å². The van der Waals surface area contributed by atoms with Gasteiger partial charge in [0.2, 0.25) is 11.8 Å². The highest BCUT2D eigenvalue weighted by Gasteiger charge is 2.40. The van der Waals surface area contributed by atoms with Gasteiger partial charge in [-0.05, 0) is 31.2 Å². The van der Waals surface area contributed by atoms with Crippen molar-refractivity contribution in [2.24, 2.45) is 5.92 Å². The van der Waals surface area contributed by atoms with Crippen LogP contribution >= 0.6 is 11.3 Å². The first-order valence-corrected chi connectivity index (χ1v) is 14.2. The molecule has 1 saturated carbocycles. The number of aromatic nitrogens is 5. The third-order valence-corrected chi connectivity index (χ3v) is 8.95. The van der Waals surface area contributed by atoms with Crippen LogP contribution in [0, 0.1) is 5.92 Å². The summed E-state index contributed by atoms with van der Waals surface area (Å²) in [6, 6.07) is 2.16. The minimum atomic E-state index is -4.51. The molecule has 0 amide bonds. The molecule has 200 valence electrons. The summed E-state index contributed by atoms with van der Waals surface area (Å²) in [5.41, 5.74) is 0. The average molecular weight is 535 g/mol. The summed E-state index contributed by atoms with van der Waals surface area (Å²) in [6.07, 6.45) is 2.95. The van der Waals surface area contributed by atoms with Gasteiger partial charge in [-0.15, -0.1) is 21.5 Å². The van der Waals surface area contributed by atoms with Crippen LogP contribution in [-0.2, 0) is 25.7 Å². The van der Waals surface area contributed by atoms with Gasteiger partial charge in [-0.2, -0.15) is 18.2 Å². The number of fused-ring (bicyclic) bond motifs is 2. The Bertz CT molecular complexity index is 1240. The molecular weight excluding hydrogens is 501 g/mol. The SMILES string of the molecule is CCCc1cc2c(N3CCn4c(nnc4C(F)(F)F)C3)nc(N3CCN(CC4CCCC4)CC3)nc2s1. The largest absolute Gasteiger partial charge is 0.451 e. The van der Waals surface area contributed by atoms with Crippen molar-refractivity contribution >= 4 is 33.3 Å². The van der Waals surface area contributed by atoms with Crippen molar-refractivity contribution in [2.75, 3.05) is 49.1 Å². The van der Waals surface area contributed by atoms with Gasteiger partial charge in [0, 0.05) is 50.7 Å². The Morgan fingerprint density at radius 3 is 2.46 bits per heavy atom. The van der Waals surface area contributed by atoms with Crippen molar-refractivity contribution in [3.63, 3.8) is 0 Å². The maximum Gasteiger partial charge on any atom is 0.451 e. The zero-order chi connectivity index (χ0) is 25.6. The van der Waals surface area contributed by atoms with Gasteiger partial charge in [0.05, 0.1) is 11.9 Å². The summed E-state index contributed by atoms with van der Waals surface area (Å²) < 4.78 is 41.2. The summed E-state index contributed by atoms with van der Waals surface area (Å²) >= 11 is 1.70. The predicted octanol–water partition coefficient (Wildman–Crippen LogP) is 4.59. The molecule has 0 N–H and O–H groups in total. The quantitative estimate of drug-likeness (QED) is 0.459. The van der Waals surface area contributed by atoms with Crippen LogP contribution in [0.25, 0.3) is 10.2 Å². The zero-order valence-corrected chi connectivity index (χ0v) is 22.0. The fraction of sp³-hybridized carbons (Fsp3) is 0.680. The molecule has 37 heavy (non-hydrogen) atoms. The van der Waals surface area contributed by atoms with E-state index in [0.29, 0.717) is 12.4 Å². The van der Waals surface area contributed by atoms with E-state index < -0.39 is 12.0 Å². The monoisotopic (exact) mass is 534 g/mol. The first-order valence-electron chi connectivity index (χ1n) is 13.4. The number of piperazine rings is 1. The highest BCUT2D eigenvalue weighted by atomic mass is 32.1. The summed E-state index contributed by atoms with van der Waals surface area (Å²) in [6.45, 7) is 7.95. The number of rotatable bonds is 6. The molecule has 3 aliphatic rings. The number of anilines is 2. The van der Waals surface area contributed by atoms with Gasteiger partial charge in [-0.1, -0.05) is 26.2 Å². The van der Waals surface area contributed by atoms with E-state index in [-0.39, 0.29) is 13.1 Å². The molecular formula is C25H33F3N8S. The lowest BCUT2D eigenvalue weighted by molar-refractivity contribution is -0.147. The van der Waals surface area contributed by atoms with Crippen molar-refractivity contribution in [3.05, 3.63) is 22.6 Å². The van der Waals surface area contributed by atoms with Crippen LogP contribution in [0.15, 0.2) is 6.07 Å². The lowest BCUT2D eigenvalue weighted by atomic mass is 10.1. The summed E-state index contributed by atoms with van der Waals surface area (Å²) in [5, 5.41) is 8.28. The third-order valence-electron chi connectivity index (χ3n) is 7.86. The average Bonchev–Trinajstić information content (AvgIpc) is 3.63. The van der Waals surface area contributed by atoms with Gasteiger partial charge in [0.25, 0.3) is 0 Å². The van der Waals surface area contributed by atoms with Crippen LogP contribution in [0.3, 0.4) is 0 Å². The number of hydrogen-bond acceptors (Lipinski definition) is 8. The van der Waals surface area contributed by atoms with E-state index in [4.69, 9.17) is 9.97 Å². The Morgan fingerprint density at radius 2 is 1.73 bits per heavy atom. The number of nitrogens with zero attached hydrogens (tertiary/aromatic N) is 8. The van der Waals surface area contributed by atoms with Crippen molar-refractivity contribution in [2.45, 2.75) is 64.7 Å². The molecule has 0 radical (unpaired) electrons. The molecule has 12 heteroatoms. The molecule has 6 rings (SSSR count). The fourth-order valence-corrected chi connectivity index (χ4v) is 7.05. The second kappa shape index (κ2) is 10.0. The Balaban J connectivity index is 1.26. The highest BCUT2D eigenvalue weighted by Crippen LogP contribution is 2.36. The van der Waals surface area contributed by atoms with Gasteiger partial charge in [0.1, 0.15) is 10.6 Å². The Morgan fingerprint density at radius 1 is 0.973 bits per heavy atom. The van der Waals surface area contributed by atoms with Crippen LogP contribution in [0.4, 0.5) is 24.9 Å². The fourth-order valence-electron chi connectivity index (χ4n) is 5.93. The summed E-state index contributed by atoms with van der Waals surface area (Å²) in [5.74, 6) is 1.74. The van der Waals surface area contributed by atoms with Crippen LogP contribution in [0.5, 0.6) is 0 Å². The lowest BCUT2D eigenvalue weighted by Gasteiger charge is -2.36. The number of halogens is 3. The maximum absolute atomic E-state index is 13.3. The maximum atomic E-state index is 13.3. The molecule has 0 unspecified atom stereocenters. The highest BCUT2D eigenvalue weighted by molar-refractivity contribution is 7.18. The first kappa shape index (κ1) is 24.8. The van der Waals surface area contributed by atoms with E-state index in [0.717, 1.165) is 66.9 Å². The number of hydrogen-bond donors (Lipinski definition) is 0. The molecule has 3 aromatic rings. The second-order valence-electron chi connectivity index (χ2n) is 10.5. The number of alkyl halides is 3.